The number of benzene rings is 2. The topological polar surface area (TPSA) is 117 Å². The Balaban J connectivity index is 1.46. The molecule has 29 heavy (non-hydrogen) atoms. The molecule has 10 heteroatoms. The minimum atomic E-state index is -3.74. The fraction of sp³-hybridized carbons (Fsp3) is 0.263. The summed E-state index contributed by atoms with van der Waals surface area (Å²) in [5, 5.41) is 18.8. The van der Waals surface area contributed by atoms with E-state index in [2.05, 4.69) is 10.3 Å². The van der Waals surface area contributed by atoms with Crippen molar-refractivity contribution in [2.45, 2.75) is 31.1 Å². The van der Waals surface area contributed by atoms with E-state index in [9.17, 15) is 18.5 Å². The molecular weight excluding hydrogens is 396 g/mol. The van der Waals surface area contributed by atoms with E-state index in [-0.39, 0.29) is 17.2 Å². The van der Waals surface area contributed by atoms with Gasteiger partial charge in [-0.25, -0.2) is 4.68 Å². The SMILES string of the molecule is Cc1ccc(S(=O)(=O)OCCCCc2cn(-c3ccc([N+](=O)[O-])cc3)nn2)cc1. The van der Waals surface area contributed by atoms with E-state index in [0.717, 1.165) is 11.3 Å². The van der Waals surface area contributed by atoms with Crippen molar-refractivity contribution in [3.8, 4) is 5.69 Å². The number of hydrogen-bond donors (Lipinski definition) is 0. The van der Waals surface area contributed by atoms with E-state index in [1.807, 2.05) is 6.92 Å². The van der Waals surface area contributed by atoms with Crippen molar-refractivity contribution in [1.29, 1.82) is 0 Å². The molecule has 0 fully saturated rings. The average molecular weight is 416 g/mol. The van der Waals surface area contributed by atoms with Gasteiger partial charge in [0.2, 0.25) is 0 Å². The van der Waals surface area contributed by atoms with Crippen molar-refractivity contribution in [2.24, 2.45) is 0 Å². The van der Waals surface area contributed by atoms with E-state index in [1.54, 1.807) is 30.5 Å². The highest BCUT2D eigenvalue weighted by Crippen LogP contribution is 2.16. The first-order valence-electron chi connectivity index (χ1n) is 8.97. The zero-order valence-electron chi connectivity index (χ0n) is 15.8. The molecule has 0 atom stereocenters. The molecule has 9 nitrogen and oxygen atoms in total. The smallest absolute Gasteiger partial charge is 0.266 e. The van der Waals surface area contributed by atoms with Gasteiger partial charge in [0.25, 0.3) is 15.8 Å². The van der Waals surface area contributed by atoms with Crippen LogP contribution < -0.4 is 0 Å². The zero-order valence-corrected chi connectivity index (χ0v) is 16.6. The highest BCUT2D eigenvalue weighted by molar-refractivity contribution is 7.86. The van der Waals surface area contributed by atoms with Crippen LogP contribution in [-0.2, 0) is 20.7 Å². The molecule has 152 valence electrons. The third-order valence-electron chi connectivity index (χ3n) is 4.24. The van der Waals surface area contributed by atoms with Crippen LogP contribution in [0.2, 0.25) is 0 Å². The Kier molecular flexibility index (Phi) is 6.35. The monoisotopic (exact) mass is 416 g/mol. The summed E-state index contributed by atoms with van der Waals surface area (Å²) in [6.45, 7) is 1.97. The van der Waals surface area contributed by atoms with Gasteiger partial charge in [0.05, 0.1) is 34.0 Å². The summed E-state index contributed by atoms with van der Waals surface area (Å²) in [6, 6.07) is 12.5. The van der Waals surface area contributed by atoms with Crippen LogP contribution >= 0.6 is 0 Å². The van der Waals surface area contributed by atoms with Crippen molar-refractivity contribution in [1.82, 2.24) is 15.0 Å². The highest BCUT2D eigenvalue weighted by atomic mass is 32.2. The summed E-state index contributed by atoms with van der Waals surface area (Å²) in [6.07, 6.45) is 3.59. The first-order chi connectivity index (χ1) is 13.8. The van der Waals surface area contributed by atoms with Crippen molar-refractivity contribution < 1.29 is 17.5 Å². The lowest BCUT2D eigenvalue weighted by atomic mass is 10.2. The molecule has 0 N–H and O–H groups in total. The lowest BCUT2D eigenvalue weighted by Gasteiger charge is -2.05. The zero-order chi connectivity index (χ0) is 20.9. The summed E-state index contributed by atoms with van der Waals surface area (Å²) in [7, 11) is -3.74. The van der Waals surface area contributed by atoms with Gasteiger partial charge in [0.1, 0.15) is 0 Å². The van der Waals surface area contributed by atoms with Crippen LogP contribution in [0.25, 0.3) is 5.69 Å². The summed E-state index contributed by atoms with van der Waals surface area (Å²) in [5.41, 5.74) is 2.40. The molecule has 1 aromatic heterocycles. The maximum Gasteiger partial charge on any atom is 0.296 e. The molecule has 3 rings (SSSR count). The molecule has 0 bridgehead atoms. The van der Waals surface area contributed by atoms with Gasteiger partial charge in [0, 0.05) is 12.1 Å². The van der Waals surface area contributed by atoms with Gasteiger partial charge >= 0.3 is 0 Å². The molecular formula is C19H20N4O5S. The second-order valence-corrected chi connectivity index (χ2v) is 8.09. The number of aryl methyl sites for hydroxylation is 2. The number of rotatable bonds is 9. The van der Waals surface area contributed by atoms with Gasteiger partial charge < -0.3 is 0 Å². The Morgan fingerprint density at radius 3 is 2.41 bits per heavy atom. The second kappa shape index (κ2) is 8.93. The Morgan fingerprint density at radius 1 is 1.07 bits per heavy atom. The Morgan fingerprint density at radius 2 is 1.76 bits per heavy atom. The summed E-state index contributed by atoms with van der Waals surface area (Å²) >= 11 is 0. The average Bonchev–Trinajstić information content (AvgIpc) is 3.17. The Bertz CT molecular complexity index is 1080. The maximum absolute atomic E-state index is 12.1. The molecule has 0 unspecified atom stereocenters. The summed E-state index contributed by atoms with van der Waals surface area (Å²) < 4.78 is 30.8. The second-order valence-electron chi connectivity index (χ2n) is 6.47. The predicted molar refractivity (Wildman–Crippen MR) is 105 cm³/mol. The van der Waals surface area contributed by atoms with Crippen LogP contribution in [-0.4, -0.2) is 34.9 Å². The largest absolute Gasteiger partial charge is 0.296 e. The molecule has 0 spiro atoms. The van der Waals surface area contributed by atoms with Crippen LogP contribution in [0, 0.1) is 17.0 Å². The number of hydrogen-bond acceptors (Lipinski definition) is 7. The molecule has 3 aromatic rings. The molecule has 2 aromatic carbocycles. The number of unbranched alkanes of at least 4 members (excludes halogenated alkanes) is 1. The van der Waals surface area contributed by atoms with Gasteiger partial charge in [0.15, 0.2) is 0 Å². The molecule has 0 aliphatic rings. The van der Waals surface area contributed by atoms with Crippen LogP contribution in [0.5, 0.6) is 0 Å². The van der Waals surface area contributed by atoms with Crippen LogP contribution in [0.15, 0.2) is 59.6 Å². The lowest BCUT2D eigenvalue weighted by Crippen LogP contribution is -2.07. The Hall–Kier alpha value is -3.11. The van der Waals surface area contributed by atoms with Crippen LogP contribution in [0.1, 0.15) is 24.1 Å². The van der Waals surface area contributed by atoms with Gasteiger partial charge in [-0.1, -0.05) is 22.9 Å². The fourth-order valence-electron chi connectivity index (χ4n) is 2.62. The van der Waals surface area contributed by atoms with Crippen molar-refractivity contribution in [3.63, 3.8) is 0 Å². The van der Waals surface area contributed by atoms with Gasteiger partial charge in [-0.2, -0.15) is 8.42 Å². The van der Waals surface area contributed by atoms with Crippen molar-refractivity contribution in [3.05, 3.63) is 76.1 Å². The fourth-order valence-corrected chi connectivity index (χ4v) is 3.56. The number of nitrogens with zero attached hydrogens (tertiary/aromatic N) is 4. The predicted octanol–water partition coefficient (Wildman–Crippen LogP) is 3.21. The Labute approximate surface area is 168 Å². The third kappa shape index (κ3) is 5.46. The number of nitro groups is 1. The first kappa shape index (κ1) is 20.6. The molecule has 0 saturated carbocycles. The van der Waals surface area contributed by atoms with Gasteiger partial charge in [-0.3, -0.25) is 14.3 Å². The van der Waals surface area contributed by atoms with Crippen molar-refractivity contribution >= 4 is 15.8 Å². The standard InChI is InChI=1S/C19H20N4O5S/c1-15-5-11-19(12-6-15)29(26,27)28-13-3-2-4-16-14-22(21-20-16)17-7-9-18(10-8-17)23(24)25/h5-12,14H,2-4,13H2,1H3. The maximum atomic E-state index is 12.1. The normalized spacial score (nSPS) is 11.5. The third-order valence-corrected chi connectivity index (χ3v) is 5.57. The van der Waals surface area contributed by atoms with E-state index in [1.165, 1.54) is 28.9 Å². The van der Waals surface area contributed by atoms with E-state index in [0.29, 0.717) is 24.9 Å². The first-order valence-corrected chi connectivity index (χ1v) is 10.4. The summed E-state index contributed by atoms with van der Waals surface area (Å²) in [5.74, 6) is 0. The lowest BCUT2D eigenvalue weighted by molar-refractivity contribution is -0.384. The molecule has 0 saturated heterocycles. The molecule has 0 aliphatic heterocycles. The molecule has 0 aliphatic carbocycles. The quantitative estimate of drug-likeness (QED) is 0.227. The molecule has 0 amide bonds. The van der Waals surface area contributed by atoms with Crippen molar-refractivity contribution in [2.75, 3.05) is 6.61 Å². The minimum Gasteiger partial charge on any atom is -0.266 e. The van der Waals surface area contributed by atoms with E-state index >= 15 is 0 Å². The minimum absolute atomic E-state index is 0.00896. The number of nitro benzene ring substituents is 1. The van der Waals surface area contributed by atoms with Gasteiger partial charge in [-0.05, 0) is 50.5 Å². The highest BCUT2D eigenvalue weighted by Gasteiger charge is 2.14. The van der Waals surface area contributed by atoms with E-state index < -0.39 is 15.0 Å². The van der Waals surface area contributed by atoms with Crippen LogP contribution in [0.4, 0.5) is 5.69 Å². The van der Waals surface area contributed by atoms with E-state index in [4.69, 9.17) is 4.18 Å². The number of aromatic nitrogens is 3. The van der Waals surface area contributed by atoms with Crippen LogP contribution in [0.3, 0.4) is 0 Å². The number of non-ortho nitro benzene ring substituents is 1. The van der Waals surface area contributed by atoms with Gasteiger partial charge in [-0.15, -0.1) is 5.10 Å². The summed E-state index contributed by atoms with van der Waals surface area (Å²) in [4.78, 5) is 10.4. The molecule has 1 heterocycles. The molecule has 0 radical (unpaired) electrons.